The molecule has 0 unspecified atom stereocenters. The predicted octanol–water partition coefficient (Wildman–Crippen LogP) is 5.63. The highest BCUT2D eigenvalue weighted by atomic mass is 16.5. The molecule has 0 amide bonds. The number of ether oxygens (including phenoxy) is 1. The Labute approximate surface area is 195 Å². The fourth-order valence-corrected chi connectivity index (χ4v) is 4.28. The highest BCUT2D eigenvalue weighted by Crippen LogP contribution is 2.27. The molecular formula is C28H28N4O. The van der Waals surface area contributed by atoms with Crippen molar-refractivity contribution in [3.8, 4) is 5.75 Å². The Hall–Kier alpha value is -3.86. The molecule has 1 saturated heterocycles. The molecule has 2 heterocycles. The first-order valence-corrected chi connectivity index (χ1v) is 11.3. The molecule has 0 spiro atoms. The zero-order valence-corrected chi connectivity index (χ0v) is 19.1. The lowest BCUT2D eigenvalue weighted by molar-refractivity contribution is 0.415. The van der Waals surface area contributed by atoms with Crippen LogP contribution in [0.5, 0.6) is 5.75 Å². The summed E-state index contributed by atoms with van der Waals surface area (Å²) in [5.41, 5.74) is 5.45. The van der Waals surface area contributed by atoms with Crippen LogP contribution in [0, 0.1) is 6.92 Å². The molecule has 0 bridgehead atoms. The first-order valence-electron chi connectivity index (χ1n) is 11.3. The normalized spacial score (nSPS) is 14.2. The first-order chi connectivity index (χ1) is 16.2. The lowest BCUT2D eigenvalue weighted by atomic mass is 10.1. The van der Waals surface area contributed by atoms with Gasteiger partial charge in [0.25, 0.3) is 0 Å². The van der Waals surface area contributed by atoms with E-state index in [4.69, 9.17) is 14.7 Å². The van der Waals surface area contributed by atoms with Crippen LogP contribution in [0.4, 0.5) is 17.2 Å². The van der Waals surface area contributed by atoms with Crippen LogP contribution in [0.15, 0.2) is 83.9 Å². The number of pyridine rings is 1. The number of hydrogen-bond acceptors (Lipinski definition) is 5. The number of aliphatic imine (C=N–C) groups is 1. The summed E-state index contributed by atoms with van der Waals surface area (Å²) in [7, 11) is 1.67. The van der Waals surface area contributed by atoms with Crippen LogP contribution in [0.25, 0.3) is 10.9 Å². The maximum Gasteiger partial charge on any atom is 0.138 e. The Morgan fingerprint density at radius 3 is 2.30 bits per heavy atom. The van der Waals surface area contributed by atoms with Crippen molar-refractivity contribution in [2.45, 2.75) is 6.92 Å². The Morgan fingerprint density at radius 1 is 0.848 bits per heavy atom. The molecule has 166 valence electrons. The van der Waals surface area contributed by atoms with Gasteiger partial charge in [-0.05, 0) is 61.5 Å². The number of fused-ring (bicyclic) bond motifs is 1. The van der Waals surface area contributed by atoms with E-state index in [1.54, 1.807) is 7.11 Å². The van der Waals surface area contributed by atoms with Crippen LogP contribution in [0.3, 0.4) is 0 Å². The maximum absolute atomic E-state index is 5.26. The highest BCUT2D eigenvalue weighted by molar-refractivity contribution is 5.95. The van der Waals surface area contributed by atoms with Crippen molar-refractivity contribution in [2.24, 2.45) is 4.99 Å². The Bertz CT molecular complexity index is 1260. The largest absolute Gasteiger partial charge is 0.497 e. The number of aromatic nitrogens is 1. The van der Waals surface area contributed by atoms with Crippen molar-refractivity contribution >= 4 is 34.3 Å². The van der Waals surface area contributed by atoms with Crippen molar-refractivity contribution in [3.05, 3.63) is 90.0 Å². The van der Waals surface area contributed by atoms with Crippen LogP contribution in [-0.2, 0) is 0 Å². The van der Waals surface area contributed by atoms with Gasteiger partial charge in [-0.15, -0.1) is 0 Å². The molecule has 5 nitrogen and oxygen atoms in total. The van der Waals surface area contributed by atoms with Crippen molar-refractivity contribution in [3.63, 3.8) is 0 Å². The topological polar surface area (TPSA) is 41.0 Å². The molecule has 33 heavy (non-hydrogen) atoms. The number of rotatable bonds is 5. The van der Waals surface area contributed by atoms with E-state index >= 15 is 0 Å². The lowest BCUT2D eigenvalue weighted by Crippen LogP contribution is -2.47. The summed E-state index contributed by atoms with van der Waals surface area (Å²) in [6, 6.07) is 27.0. The second-order valence-electron chi connectivity index (χ2n) is 8.36. The quantitative estimate of drug-likeness (QED) is 0.380. The number of hydrogen-bond donors (Lipinski definition) is 0. The second kappa shape index (κ2) is 9.33. The molecule has 0 saturated carbocycles. The van der Waals surface area contributed by atoms with E-state index < -0.39 is 0 Å². The molecule has 4 aromatic rings. The molecule has 3 aromatic carbocycles. The third-order valence-corrected chi connectivity index (χ3v) is 6.10. The lowest BCUT2D eigenvalue weighted by Gasteiger charge is -2.37. The summed E-state index contributed by atoms with van der Waals surface area (Å²) in [5.74, 6) is 1.82. The number of aryl methyl sites for hydroxylation is 1. The van der Waals surface area contributed by atoms with Crippen LogP contribution in [0.1, 0.15) is 11.1 Å². The van der Waals surface area contributed by atoms with Gasteiger partial charge in [0.15, 0.2) is 0 Å². The van der Waals surface area contributed by atoms with Gasteiger partial charge in [-0.3, -0.25) is 4.99 Å². The standard InChI is InChI=1S/C28H28N4O/c1-21-8-13-27-22(18-21)19-23(20-29-24-9-11-26(33-2)12-10-24)28(30-27)32-16-14-31(15-17-32)25-6-4-3-5-7-25/h3-13,18-20H,14-17H2,1-2H3. The summed E-state index contributed by atoms with van der Waals surface area (Å²) in [6.07, 6.45) is 1.94. The van der Waals surface area contributed by atoms with Gasteiger partial charge in [0.2, 0.25) is 0 Å². The Morgan fingerprint density at radius 2 is 1.58 bits per heavy atom. The molecule has 0 radical (unpaired) electrons. The zero-order valence-electron chi connectivity index (χ0n) is 19.1. The van der Waals surface area contributed by atoms with E-state index in [-0.39, 0.29) is 0 Å². The van der Waals surface area contributed by atoms with Gasteiger partial charge in [-0.1, -0.05) is 29.8 Å². The SMILES string of the molecule is COc1ccc(N=Cc2cc3cc(C)ccc3nc2N2CCN(c3ccccc3)CC2)cc1. The van der Waals surface area contributed by atoms with E-state index in [0.717, 1.165) is 59.9 Å². The maximum atomic E-state index is 5.26. The van der Waals surface area contributed by atoms with Gasteiger partial charge in [0, 0.05) is 49.0 Å². The summed E-state index contributed by atoms with van der Waals surface area (Å²) >= 11 is 0. The van der Waals surface area contributed by atoms with Crippen LogP contribution in [-0.4, -0.2) is 44.5 Å². The number of piperazine rings is 1. The summed E-state index contributed by atoms with van der Waals surface area (Å²) < 4.78 is 5.26. The minimum absolute atomic E-state index is 0.828. The predicted molar refractivity (Wildman–Crippen MR) is 138 cm³/mol. The van der Waals surface area contributed by atoms with Gasteiger partial charge in [0.1, 0.15) is 11.6 Å². The molecule has 1 aromatic heterocycles. The van der Waals surface area contributed by atoms with E-state index in [1.807, 2.05) is 30.5 Å². The van der Waals surface area contributed by atoms with Gasteiger partial charge < -0.3 is 14.5 Å². The minimum Gasteiger partial charge on any atom is -0.497 e. The number of para-hydroxylation sites is 1. The van der Waals surface area contributed by atoms with Crippen molar-refractivity contribution in [2.75, 3.05) is 43.1 Å². The molecule has 1 aliphatic heterocycles. The van der Waals surface area contributed by atoms with Crippen LogP contribution in [0.2, 0.25) is 0 Å². The van der Waals surface area contributed by atoms with Gasteiger partial charge >= 0.3 is 0 Å². The Kier molecular flexibility index (Phi) is 5.94. The minimum atomic E-state index is 0.828. The monoisotopic (exact) mass is 436 g/mol. The molecular weight excluding hydrogens is 408 g/mol. The van der Waals surface area contributed by atoms with Crippen LogP contribution >= 0.6 is 0 Å². The van der Waals surface area contributed by atoms with E-state index in [2.05, 4.69) is 71.3 Å². The number of benzene rings is 3. The highest BCUT2D eigenvalue weighted by Gasteiger charge is 2.21. The zero-order chi connectivity index (χ0) is 22.6. The average molecular weight is 437 g/mol. The summed E-state index contributed by atoms with van der Waals surface area (Å²) in [5, 5.41) is 1.14. The fourth-order valence-electron chi connectivity index (χ4n) is 4.28. The Balaban J connectivity index is 1.45. The van der Waals surface area contributed by atoms with Gasteiger partial charge in [0.05, 0.1) is 18.3 Å². The number of methoxy groups -OCH3 is 1. The van der Waals surface area contributed by atoms with Gasteiger partial charge in [-0.25, -0.2) is 4.98 Å². The summed E-state index contributed by atoms with van der Waals surface area (Å²) in [6.45, 7) is 5.88. The first kappa shape index (κ1) is 21.0. The average Bonchev–Trinajstić information content (AvgIpc) is 2.88. The van der Waals surface area contributed by atoms with Crippen LogP contribution < -0.4 is 14.5 Å². The van der Waals surface area contributed by atoms with Gasteiger partial charge in [-0.2, -0.15) is 0 Å². The number of anilines is 2. The molecule has 1 aliphatic rings. The third-order valence-electron chi connectivity index (χ3n) is 6.10. The second-order valence-corrected chi connectivity index (χ2v) is 8.36. The smallest absolute Gasteiger partial charge is 0.138 e. The molecule has 0 N–H and O–H groups in total. The third kappa shape index (κ3) is 4.67. The number of nitrogens with zero attached hydrogens (tertiary/aromatic N) is 4. The molecule has 1 fully saturated rings. The van der Waals surface area contributed by atoms with E-state index in [0.29, 0.717) is 0 Å². The molecule has 5 rings (SSSR count). The van der Waals surface area contributed by atoms with Crippen molar-refractivity contribution < 1.29 is 4.74 Å². The molecule has 0 aliphatic carbocycles. The van der Waals surface area contributed by atoms with Crippen molar-refractivity contribution in [1.29, 1.82) is 0 Å². The van der Waals surface area contributed by atoms with E-state index in [1.165, 1.54) is 11.3 Å². The fraction of sp³-hybridized carbons (Fsp3) is 0.214. The van der Waals surface area contributed by atoms with E-state index in [9.17, 15) is 0 Å². The van der Waals surface area contributed by atoms with Crippen molar-refractivity contribution in [1.82, 2.24) is 4.98 Å². The molecule has 0 atom stereocenters. The molecule has 5 heteroatoms. The summed E-state index contributed by atoms with van der Waals surface area (Å²) in [4.78, 5) is 14.6.